The van der Waals surface area contributed by atoms with Crippen LogP contribution in [0.15, 0.2) is 0 Å². The zero-order valence-corrected chi connectivity index (χ0v) is 9.87. The van der Waals surface area contributed by atoms with E-state index < -0.39 is 0 Å². The van der Waals surface area contributed by atoms with Crippen LogP contribution in [0.4, 0.5) is 0 Å². The molecule has 16 heavy (non-hydrogen) atoms. The summed E-state index contributed by atoms with van der Waals surface area (Å²) in [7, 11) is 0. The maximum absolute atomic E-state index is 11.5. The monoisotopic (exact) mass is 224 g/mol. The minimum Gasteiger partial charge on any atom is -0.312 e. The Labute approximate surface area is 96.4 Å². The van der Waals surface area contributed by atoms with Crippen molar-refractivity contribution in [3.05, 3.63) is 0 Å². The van der Waals surface area contributed by atoms with Gasteiger partial charge in [-0.05, 0) is 25.3 Å². The molecule has 0 aliphatic carbocycles. The Morgan fingerprint density at radius 1 is 1.31 bits per heavy atom. The summed E-state index contributed by atoms with van der Waals surface area (Å²) in [4.78, 5) is 24.5. The van der Waals surface area contributed by atoms with Crippen molar-refractivity contribution < 1.29 is 9.59 Å². The molecular weight excluding hydrogens is 204 g/mol. The number of nitrogens with one attached hydrogen (secondary N) is 1. The first-order chi connectivity index (χ1) is 7.72. The normalized spacial score (nSPS) is 31.2. The van der Waals surface area contributed by atoms with Gasteiger partial charge in [0.1, 0.15) is 0 Å². The van der Waals surface area contributed by atoms with E-state index in [2.05, 4.69) is 12.2 Å². The van der Waals surface area contributed by atoms with E-state index in [1.165, 1.54) is 17.7 Å². The SMILES string of the molecule is CCC1CCCNC1CN1C(=O)CCC1=O. The van der Waals surface area contributed by atoms with E-state index in [0.29, 0.717) is 31.3 Å². The number of carbonyl (C=O) groups is 2. The lowest BCUT2D eigenvalue weighted by molar-refractivity contribution is -0.139. The van der Waals surface area contributed by atoms with Gasteiger partial charge in [-0.1, -0.05) is 13.3 Å². The van der Waals surface area contributed by atoms with E-state index in [1.807, 2.05) is 0 Å². The molecule has 4 nitrogen and oxygen atoms in total. The van der Waals surface area contributed by atoms with Crippen LogP contribution in [0.1, 0.15) is 39.0 Å². The van der Waals surface area contributed by atoms with E-state index in [-0.39, 0.29) is 11.8 Å². The number of rotatable bonds is 3. The summed E-state index contributed by atoms with van der Waals surface area (Å²) in [6.07, 6.45) is 4.35. The van der Waals surface area contributed by atoms with Gasteiger partial charge in [0.25, 0.3) is 0 Å². The Morgan fingerprint density at radius 3 is 2.62 bits per heavy atom. The summed E-state index contributed by atoms with van der Waals surface area (Å²) >= 11 is 0. The third-order valence-electron chi connectivity index (χ3n) is 3.79. The first-order valence-corrected chi connectivity index (χ1v) is 6.29. The standard InChI is InChI=1S/C12H20N2O2/c1-2-9-4-3-7-13-10(9)8-14-11(15)5-6-12(14)16/h9-10,13H,2-8H2,1H3. The number of imide groups is 1. The molecule has 4 heteroatoms. The molecule has 2 unspecified atom stereocenters. The summed E-state index contributed by atoms with van der Waals surface area (Å²) in [6.45, 7) is 3.77. The fraction of sp³-hybridized carbons (Fsp3) is 0.833. The highest BCUT2D eigenvalue weighted by Gasteiger charge is 2.33. The van der Waals surface area contributed by atoms with Gasteiger partial charge < -0.3 is 5.32 Å². The molecule has 2 fully saturated rings. The average Bonchev–Trinajstić information content (AvgIpc) is 2.61. The Bertz CT molecular complexity index is 275. The summed E-state index contributed by atoms with van der Waals surface area (Å²) in [5, 5.41) is 3.44. The second-order valence-electron chi connectivity index (χ2n) is 4.77. The molecule has 0 bridgehead atoms. The number of piperidine rings is 1. The lowest BCUT2D eigenvalue weighted by Gasteiger charge is -2.34. The van der Waals surface area contributed by atoms with Gasteiger partial charge >= 0.3 is 0 Å². The van der Waals surface area contributed by atoms with Crippen molar-refractivity contribution in [1.29, 1.82) is 0 Å². The van der Waals surface area contributed by atoms with Crippen LogP contribution in [0.5, 0.6) is 0 Å². The molecule has 0 spiro atoms. The maximum atomic E-state index is 11.5. The van der Waals surface area contributed by atoms with Gasteiger partial charge in [0.2, 0.25) is 11.8 Å². The highest BCUT2D eigenvalue weighted by atomic mass is 16.2. The number of hydrogen-bond donors (Lipinski definition) is 1. The molecule has 90 valence electrons. The molecule has 0 aromatic heterocycles. The third-order valence-corrected chi connectivity index (χ3v) is 3.79. The summed E-state index contributed by atoms with van der Waals surface area (Å²) in [5.41, 5.74) is 0. The summed E-state index contributed by atoms with van der Waals surface area (Å²) in [6, 6.07) is 0.310. The van der Waals surface area contributed by atoms with Crippen molar-refractivity contribution in [1.82, 2.24) is 10.2 Å². The summed E-state index contributed by atoms with van der Waals surface area (Å²) < 4.78 is 0. The zero-order valence-electron chi connectivity index (χ0n) is 9.87. The molecule has 2 rings (SSSR count). The molecule has 0 aromatic rings. The van der Waals surface area contributed by atoms with Crippen LogP contribution in [0.2, 0.25) is 0 Å². The number of carbonyl (C=O) groups excluding carboxylic acids is 2. The van der Waals surface area contributed by atoms with Gasteiger partial charge in [0.05, 0.1) is 0 Å². The van der Waals surface area contributed by atoms with Gasteiger partial charge in [-0.2, -0.15) is 0 Å². The smallest absolute Gasteiger partial charge is 0.229 e. The van der Waals surface area contributed by atoms with Crippen molar-refractivity contribution >= 4 is 11.8 Å². The Kier molecular flexibility index (Phi) is 3.59. The van der Waals surface area contributed by atoms with Crippen molar-refractivity contribution in [2.75, 3.05) is 13.1 Å². The molecule has 2 aliphatic heterocycles. The molecule has 2 amide bonds. The zero-order chi connectivity index (χ0) is 11.5. The fourth-order valence-corrected chi connectivity index (χ4v) is 2.75. The van der Waals surface area contributed by atoms with Gasteiger partial charge in [0, 0.05) is 25.4 Å². The van der Waals surface area contributed by atoms with E-state index in [9.17, 15) is 9.59 Å². The largest absolute Gasteiger partial charge is 0.312 e. The molecule has 2 saturated heterocycles. The molecule has 2 aliphatic rings. The average molecular weight is 224 g/mol. The first kappa shape index (κ1) is 11.6. The number of amides is 2. The van der Waals surface area contributed by atoms with Crippen molar-refractivity contribution in [3.63, 3.8) is 0 Å². The summed E-state index contributed by atoms with van der Waals surface area (Å²) in [5.74, 6) is 0.620. The van der Waals surface area contributed by atoms with Crippen LogP contribution in [0.3, 0.4) is 0 Å². The van der Waals surface area contributed by atoms with E-state index in [1.54, 1.807) is 0 Å². The lowest BCUT2D eigenvalue weighted by atomic mass is 9.88. The van der Waals surface area contributed by atoms with E-state index in [4.69, 9.17) is 0 Å². The molecule has 0 radical (unpaired) electrons. The topological polar surface area (TPSA) is 49.4 Å². The van der Waals surface area contributed by atoms with Gasteiger partial charge in [0.15, 0.2) is 0 Å². The quantitative estimate of drug-likeness (QED) is 0.725. The van der Waals surface area contributed by atoms with Crippen molar-refractivity contribution in [2.45, 2.75) is 45.1 Å². The van der Waals surface area contributed by atoms with Crippen molar-refractivity contribution in [3.8, 4) is 0 Å². The molecule has 2 atom stereocenters. The molecule has 0 aromatic carbocycles. The Morgan fingerprint density at radius 2 is 2.00 bits per heavy atom. The maximum Gasteiger partial charge on any atom is 0.229 e. The molecule has 0 saturated carbocycles. The highest BCUT2D eigenvalue weighted by molar-refractivity contribution is 6.01. The van der Waals surface area contributed by atoms with Crippen molar-refractivity contribution in [2.24, 2.45) is 5.92 Å². The predicted molar refractivity (Wildman–Crippen MR) is 60.8 cm³/mol. The number of hydrogen-bond acceptors (Lipinski definition) is 3. The Balaban J connectivity index is 1.96. The van der Waals surface area contributed by atoms with Crippen LogP contribution in [-0.4, -0.2) is 35.8 Å². The second-order valence-corrected chi connectivity index (χ2v) is 4.77. The first-order valence-electron chi connectivity index (χ1n) is 6.29. The van der Waals surface area contributed by atoms with E-state index in [0.717, 1.165) is 13.0 Å². The second kappa shape index (κ2) is 4.95. The molecule has 1 N–H and O–H groups in total. The highest BCUT2D eigenvalue weighted by Crippen LogP contribution is 2.22. The van der Waals surface area contributed by atoms with Gasteiger partial charge in [-0.15, -0.1) is 0 Å². The number of nitrogens with zero attached hydrogens (tertiary/aromatic N) is 1. The predicted octanol–water partition coefficient (Wildman–Crippen LogP) is 0.914. The fourth-order valence-electron chi connectivity index (χ4n) is 2.75. The minimum atomic E-state index is 0.00669. The van der Waals surface area contributed by atoms with E-state index >= 15 is 0 Å². The minimum absolute atomic E-state index is 0.00669. The van der Waals surface area contributed by atoms with Crippen LogP contribution < -0.4 is 5.32 Å². The van der Waals surface area contributed by atoms with Gasteiger partial charge in [-0.25, -0.2) is 0 Å². The number of likely N-dealkylation sites (tertiary alicyclic amines) is 1. The van der Waals surface area contributed by atoms with Gasteiger partial charge in [-0.3, -0.25) is 14.5 Å². The lowest BCUT2D eigenvalue weighted by Crippen LogP contribution is -2.49. The molecular formula is C12H20N2O2. The third kappa shape index (κ3) is 2.26. The molecule has 2 heterocycles. The van der Waals surface area contributed by atoms with Crippen LogP contribution >= 0.6 is 0 Å². The Hall–Kier alpha value is -0.900. The van der Waals surface area contributed by atoms with Crippen LogP contribution in [0, 0.1) is 5.92 Å². The van der Waals surface area contributed by atoms with Crippen LogP contribution in [0.25, 0.3) is 0 Å². The van der Waals surface area contributed by atoms with Crippen LogP contribution in [-0.2, 0) is 9.59 Å².